The van der Waals surface area contributed by atoms with E-state index >= 15 is 0 Å². The van der Waals surface area contributed by atoms with E-state index in [1.54, 1.807) is 0 Å². The van der Waals surface area contributed by atoms with Gasteiger partial charge in [0.2, 0.25) is 0 Å². The van der Waals surface area contributed by atoms with Crippen molar-refractivity contribution >= 4 is 34.2 Å². The fraction of sp³-hybridized carbons (Fsp3) is 0.462. The van der Waals surface area contributed by atoms with E-state index in [2.05, 4.69) is 28.2 Å². The summed E-state index contributed by atoms with van der Waals surface area (Å²) in [6.07, 6.45) is 0. The zero-order valence-electron chi connectivity index (χ0n) is 10.6. The Balaban J connectivity index is 0.00000162. The molecule has 1 amide bonds. The number of piperazine rings is 1. The van der Waals surface area contributed by atoms with Crippen LogP contribution in [-0.4, -0.2) is 36.5 Å². The van der Waals surface area contributed by atoms with Crippen molar-refractivity contribution in [3.05, 3.63) is 33.8 Å². The predicted octanol–water partition coefficient (Wildman–Crippen LogP) is 2.61. The highest BCUT2D eigenvalue weighted by Crippen LogP contribution is 2.18. The molecule has 1 aliphatic heterocycles. The molecule has 1 fully saturated rings. The summed E-state index contributed by atoms with van der Waals surface area (Å²) in [6.45, 7) is 6.56. The second-order valence-corrected chi connectivity index (χ2v) is 5.42. The molecule has 5 heteroatoms. The third-order valence-corrected chi connectivity index (χ3v) is 3.95. The Labute approximate surface area is 122 Å². The number of amides is 1. The normalized spacial score (nSPS) is 19.3. The average Bonchev–Trinajstić information content (AvgIpc) is 2.32. The van der Waals surface area contributed by atoms with Crippen molar-refractivity contribution in [1.82, 2.24) is 10.2 Å². The van der Waals surface area contributed by atoms with Gasteiger partial charge in [-0.1, -0.05) is 15.9 Å². The molecular formula is C13H18BrClN2O. The topological polar surface area (TPSA) is 32.3 Å². The monoisotopic (exact) mass is 332 g/mol. The van der Waals surface area contributed by atoms with Crippen LogP contribution in [0.25, 0.3) is 0 Å². The van der Waals surface area contributed by atoms with E-state index < -0.39 is 0 Å². The molecule has 1 aliphatic rings. The first-order chi connectivity index (χ1) is 8.08. The summed E-state index contributed by atoms with van der Waals surface area (Å²) in [4.78, 5) is 14.2. The zero-order chi connectivity index (χ0) is 12.4. The number of aryl methyl sites for hydroxylation is 1. The van der Waals surface area contributed by atoms with Gasteiger partial charge in [0.15, 0.2) is 0 Å². The van der Waals surface area contributed by atoms with E-state index in [4.69, 9.17) is 0 Å². The van der Waals surface area contributed by atoms with Gasteiger partial charge in [0.05, 0.1) is 0 Å². The standard InChI is InChI=1S/C13H17BrN2O.ClH/c1-9-7-11(3-4-12(9)14)13(17)16-6-5-15-10(2)8-16;/h3-4,7,10,15H,5-6,8H2,1-2H3;1H/t10-;/m1./s1. The summed E-state index contributed by atoms with van der Waals surface area (Å²) < 4.78 is 1.04. The van der Waals surface area contributed by atoms with Crippen LogP contribution < -0.4 is 5.32 Å². The van der Waals surface area contributed by atoms with Gasteiger partial charge in [0, 0.05) is 35.7 Å². The lowest BCUT2D eigenvalue weighted by molar-refractivity contribution is 0.0709. The average molecular weight is 334 g/mol. The first-order valence-corrected chi connectivity index (χ1v) is 6.66. The smallest absolute Gasteiger partial charge is 0.253 e. The number of nitrogens with zero attached hydrogens (tertiary/aromatic N) is 1. The minimum Gasteiger partial charge on any atom is -0.336 e. The van der Waals surface area contributed by atoms with Gasteiger partial charge in [-0.05, 0) is 37.6 Å². The van der Waals surface area contributed by atoms with Crippen molar-refractivity contribution in [2.75, 3.05) is 19.6 Å². The van der Waals surface area contributed by atoms with Crippen molar-refractivity contribution < 1.29 is 4.79 Å². The Kier molecular flexibility index (Phi) is 5.63. The molecule has 1 heterocycles. The van der Waals surface area contributed by atoms with Crippen molar-refractivity contribution in [2.45, 2.75) is 19.9 Å². The van der Waals surface area contributed by atoms with E-state index in [0.717, 1.165) is 35.2 Å². The molecule has 1 aromatic rings. The SMILES string of the molecule is Cc1cc(C(=O)N2CCN[C@H](C)C2)ccc1Br.Cl. The summed E-state index contributed by atoms with van der Waals surface area (Å²) >= 11 is 3.45. The first kappa shape index (κ1) is 15.5. The summed E-state index contributed by atoms with van der Waals surface area (Å²) in [6, 6.07) is 6.14. The third-order valence-electron chi connectivity index (χ3n) is 3.06. The zero-order valence-corrected chi connectivity index (χ0v) is 13.0. The number of carbonyl (C=O) groups excluding carboxylic acids is 1. The van der Waals surface area contributed by atoms with Crippen LogP contribution in [0.5, 0.6) is 0 Å². The molecule has 1 N–H and O–H groups in total. The molecule has 18 heavy (non-hydrogen) atoms. The molecule has 0 unspecified atom stereocenters. The van der Waals surface area contributed by atoms with Gasteiger partial charge in [-0.15, -0.1) is 12.4 Å². The molecule has 1 atom stereocenters. The fourth-order valence-corrected chi connectivity index (χ4v) is 2.32. The van der Waals surface area contributed by atoms with Crippen LogP contribution >= 0.6 is 28.3 Å². The molecule has 2 rings (SSSR count). The number of hydrogen-bond acceptors (Lipinski definition) is 2. The molecule has 3 nitrogen and oxygen atoms in total. The molecular weight excluding hydrogens is 316 g/mol. The lowest BCUT2D eigenvalue weighted by atomic mass is 10.1. The van der Waals surface area contributed by atoms with Crippen LogP contribution in [-0.2, 0) is 0 Å². The lowest BCUT2D eigenvalue weighted by Crippen LogP contribution is -2.51. The summed E-state index contributed by atoms with van der Waals surface area (Å²) in [5.41, 5.74) is 1.87. The van der Waals surface area contributed by atoms with Crippen molar-refractivity contribution in [3.63, 3.8) is 0 Å². The Morgan fingerprint density at radius 2 is 2.22 bits per heavy atom. The van der Waals surface area contributed by atoms with Crippen molar-refractivity contribution in [2.24, 2.45) is 0 Å². The molecule has 100 valence electrons. The van der Waals surface area contributed by atoms with Crippen molar-refractivity contribution in [1.29, 1.82) is 0 Å². The Bertz CT molecular complexity index is 439. The van der Waals surface area contributed by atoms with Gasteiger partial charge in [0.25, 0.3) is 5.91 Å². The summed E-state index contributed by atoms with van der Waals surface area (Å²) in [5.74, 6) is 0.133. The highest BCUT2D eigenvalue weighted by molar-refractivity contribution is 9.10. The van der Waals surface area contributed by atoms with Crippen molar-refractivity contribution in [3.8, 4) is 0 Å². The first-order valence-electron chi connectivity index (χ1n) is 5.87. The molecule has 1 saturated heterocycles. The van der Waals surface area contributed by atoms with Crippen LogP contribution in [0, 0.1) is 6.92 Å². The van der Waals surface area contributed by atoms with E-state index in [1.165, 1.54) is 0 Å². The maximum Gasteiger partial charge on any atom is 0.253 e. The minimum atomic E-state index is 0. The van der Waals surface area contributed by atoms with Crippen LogP contribution in [0.3, 0.4) is 0 Å². The number of halogens is 2. The van der Waals surface area contributed by atoms with E-state index in [0.29, 0.717) is 6.04 Å². The summed E-state index contributed by atoms with van der Waals surface area (Å²) in [5, 5.41) is 3.34. The van der Waals surface area contributed by atoms with E-state index in [9.17, 15) is 4.79 Å². The molecule has 0 spiro atoms. The van der Waals surface area contributed by atoms with Gasteiger partial charge in [0.1, 0.15) is 0 Å². The van der Waals surface area contributed by atoms with Crippen LogP contribution in [0.15, 0.2) is 22.7 Å². The Morgan fingerprint density at radius 3 is 2.83 bits per heavy atom. The number of carbonyl (C=O) groups is 1. The van der Waals surface area contributed by atoms with Gasteiger partial charge in [-0.25, -0.2) is 0 Å². The van der Waals surface area contributed by atoms with E-state index in [-0.39, 0.29) is 18.3 Å². The Hall–Kier alpha value is -0.580. The maximum absolute atomic E-state index is 12.3. The number of nitrogens with one attached hydrogen (secondary N) is 1. The minimum absolute atomic E-state index is 0. The highest BCUT2D eigenvalue weighted by Gasteiger charge is 2.21. The fourth-order valence-electron chi connectivity index (χ4n) is 2.08. The number of benzene rings is 1. The second-order valence-electron chi connectivity index (χ2n) is 4.57. The highest BCUT2D eigenvalue weighted by atomic mass is 79.9. The van der Waals surface area contributed by atoms with Gasteiger partial charge < -0.3 is 10.2 Å². The van der Waals surface area contributed by atoms with Crippen LogP contribution in [0.4, 0.5) is 0 Å². The van der Waals surface area contributed by atoms with Gasteiger partial charge in [-0.2, -0.15) is 0 Å². The lowest BCUT2D eigenvalue weighted by Gasteiger charge is -2.32. The number of hydrogen-bond donors (Lipinski definition) is 1. The molecule has 0 aromatic heterocycles. The van der Waals surface area contributed by atoms with Crippen LogP contribution in [0.2, 0.25) is 0 Å². The molecule has 0 radical (unpaired) electrons. The second kappa shape index (κ2) is 6.55. The molecule has 0 bridgehead atoms. The van der Waals surface area contributed by atoms with E-state index in [1.807, 2.05) is 30.0 Å². The number of rotatable bonds is 1. The predicted molar refractivity (Wildman–Crippen MR) is 79.5 cm³/mol. The largest absolute Gasteiger partial charge is 0.336 e. The van der Waals surface area contributed by atoms with Gasteiger partial charge >= 0.3 is 0 Å². The molecule has 1 aromatic carbocycles. The Morgan fingerprint density at radius 1 is 1.50 bits per heavy atom. The van der Waals surface area contributed by atoms with Gasteiger partial charge in [-0.3, -0.25) is 4.79 Å². The molecule has 0 saturated carbocycles. The quantitative estimate of drug-likeness (QED) is 0.857. The third kappa shape index (κ3) is 3.46. The van der Waals surface area contributed by atoms with Crippen LogP contribution in [0.1, 0.15) is 22.8 Å². The molecule has 0 aliphatic carbocycles. The maximum atomic E-state index is 12.3. The summed E-state index contributed by atoms with van der Waals surface area (Å²) in [7, 11) is 0.